The Labute approximate surface area is 145 Å². The Morgan fingerprint density at radius 2 is 1.96 bits per heavy atom. The maximum absolute atomic E-state index is 14.6. The van der Waals surface area contributed by atoms with Crippen molar-refractivity contribution in [2.24, 2.45) is 5.73 Å². The van der Waals surface area contributed by atoms with E-state index in [1.165, 1.54) is 0 Å². The lowest BCUT2D eigenvalue weighted by atomic mass is 10.0. The zero-order valence-corrected chi connectivity index (χ0v) is 14.4. The first-order valence-corrected chi connectivity index (χ1v) is 8.04. The topological polar surface area (TPSA) is 64.3 Å². The van der Waals surface area contributed by atoms with E-state index in [-0.39, 0.29) is 23.1 Å². The molecule has 24 heavy (non-hydrogen) atoms. The molecule has 0 aromatic heterocycles. The molecule has 1 atom stereocenters. The Kier molecular flexibility index (Phi) is 6.17. The lowest BCUT2D eigenvalue weighted by Crippen LogP contribution is -2.19. The number of likely N-dealkylation sites (N-methyl/N-ethyl adjacent to an activating group) is 1. The molecular formula is C18H20ClFN2O2. The highest BCUT2D eigenvalue weighted by Gasteiger charge is 2.18. The number of ether oxygens (including phenoxy) is 1. The molecule has 0 aliphatic rings. The molecule has 0 unspecified atom stereocenters. The number of nitrogens with one attached hydrogen (secondary N) is 1. The van der Waals surface area contributed by atoms with Gasteiger partial charge < -0.3 is 15.8 Å². The molecule has 0 bridgehead atoms. The van der Waals surface area contributed by atoms with Crippen LogP contribution in [0.15, 0.2) is 36.4 Å². The van der Waals surface area contributed by atoms with E-state index in [1.54, 1.807) is 43.4 Å². The predicted molar refractivity (Wildman–Crippen MR) is 92.9 cm³/mol. The van der Waals surface area contributed by atoms with Crippen molar-refractivity contribution < 1.29 is 13.9 Å². The van der Waals surface area contributed by atoms with E-state index in [0.717, 1.165) is 5.56 Å². The van der Waals surface area contributed by atoms with Crippen molar-refractivity contribution in [3.63, 3.8) is 0 Å². The van der Waals surface area contributed by atoms with Gasteiger partial charge in [0.25, 0.3) is 0 Å². The van der Waals surface area contributed by atoms with Crippen LogP contribution < -0.4 is 15.8 Å². The molecule has 1 amide bonds. The minimum absolute atomic E-state index is 0.0443. The number of nitrogens with two attached hydrogens (primary N) is 1. The van der Waals surface area contributed by atoms with Gasteiger partial charge in [-0.2, -0.15) is 0 Å². The molecule has 0 saturated carbocycles. The molecule has 0 heterocycles. The molecule has 2 aromatic rings. The van der Waals surface area contributed by atoms with Crippen LogP contribution in [-0.4, -0.2) is 13.0 Å². The van der Waals surface area contributed by atoms with Crippen molar-refractivity contribution in [1.29, 1.82) is 0 Å². The van der Waals surface area contributed by atoms with Crippen LogP contribution in [0.1, 0.15) is 30.5 Å². The normalized spacial score (nSPS) is 11.9. The lowest BCUT2D eigenvalue weighted by Gasteiger charge is -2.15. The number of halogens is 2. The Hall–Kier alpha value is -2.11. The molecule has 0 radical (unpaired) electrons. The van der Waals surface area contributed by atoms with Gasteiger partial charge in [-0.1, -0.05) is 36.7 Å². The average Bonchev–Trinajstić information content (AvgIpc) is 2.59. The first-order chi connectivity index (χ1) is 11.5. The van der Waals surface area contributed by atoms with Crippen LogP contribution in [0.4, 0.5) is 4.39 Å². The van der Waals surface area contributed by atoms with Crippen molar-refractivity contribution in [1.82, 2.24) is 5.32 Å². The fourth-order valence-corrected chi connectivity index (χ4v) is 2.40. The maximum Gasteiger partial charge on any atom is 0.224 e. The van der Waals surface area contributed by atoms with Gasteiger partial charge in [-0.05, 0) is 30.2 Å². The van der Waals surface area contributed by atoms with Crippen LogP contribution in [0.5, 0.6) is 11.5 Å². The molecule has 6 heteroatoms. The minimum Gasteiger partial charge on any atom is -0.453 e. The summed E-state index contributed by atoms with van der Waals surface area (Å²) in [6.45, 7) is 1.88. The van der Waals surface area contributed by atoms with Crippen molar-refractivity contribution in [2.45, 2.75) is 25.8 Å². The first kappa shape index (κ1) is 18.2. The third kappa shape index (κ3) is 4.24. The van der Waals surface area contributed by atoms with E-state index in [4.69, 9.17) is 22.1 Å². The van der Waals surface area contributed by atoms with E-state index in [2.05, 4.69) is 5.32 Å². The molecule has 0 aliphatic heterocycles. The van der Waals surface area contributed by atoms with Crippen LogP contribution >= 0.6 is 11.6 Å². The number of rotatable bonds is 6. The predicted octanol–water partition coefficient (Wildman–Crippen LogP) is 3.97. The van der Waals surface area contributed by atoms with E-state index < -0.39 is 11.9 Å². The molecule has 0 aliphatic carbocycles. The standard InChI is InChI=1S/C18H20ClFN2O2/c1-3-15(21)13-8-9-14(19)18(17(13)20)24-12-6-4-11(5-7-12)10-16(23)22-2/h4-9,15H,3,10,21H2,1-2H3,(H,22,23)/t15-/m1/s1. The Morgan fingerprint density at radius 1 is 1.29 bits per heavy atom. The molecule has 0 spiro atoms. The summed E-state index contributed by atoms with van der Waals surface area (Å²) in [5.74, 6) is -0.249. The highest BCUT2D eigenvalue weighted by atomic mass is 35.5. The average molecular weight is 351 g/mol. The summed E-state index contributed by atoms with van der Waals surface area (Å²) in [4.78, 5) is 11.4. The molecule has 4 nitrogen and oxygen atoms in total. The Bertz CT molecular complexity index is 720. The summed E-state index contributed by atoms with van der Waals surface area (Å²) in [6, 6.07) is 9.56. The minimum atomic E-state index is -0.550. The molecule has 2 rings (SSSR count). The van der Waals surface area contributed by atoms with Crippen LogP contribution in [0.25, 0.3) is 0 Å². The monoisotopic (exact) mass is 350 g/mol. The molecule has 2 aromatic carbocycles. The Balaban J connectivity index is 2.23. The first-order valence-electron chi connectivity index (χ1n) is 7.67. The summed E-state index contributed by atoms with van der Waals surface area (Å²) in [5.41, 5.74) is 7.11. The van der Waals surface area contributed by atoms with Gasteiger partial charge in [0, 0.05) is 18.7 Å². The van der Waals surface area contributed by atoms with Crippen molar-refractivity contribution in [3.8, 4) is 11.5 Å². The lowest BCUT2D eigenvalue weighted by molar-refractivity contribution is -0.119. The summed E-state index contributed by atoms with van der Waals surface area (Å²) in [7, 11) is 1.58. The van der Waals surface area contributed by atoms with Gasteiger partial charge >= 0.3 is 0 Å². The van der Waals surface area contributed by atoms with Crippen LogP contribution in [0, 0.1) is 5.82 Å². The second-order valence-corrected chi connectivity index (χ2v) is 5.80. The fourth-order valence-electron chi connectivity index (χ4n) is 2.21. The van der Waals surface area contributed by atoms with Gasteiger partial charge in [-0.15, -0.1) is 0 Å². The van der Waals surface area contributed by atoms with Gasteiger partial charge in [0.2, 0.25) is 5.91 Å². The van der Waals surface area contributed by atoms with E-state index in [0.29, 0.717) is 17.7 Å². The third-order valence-corrected chi connectivity index (χ3v) is 4.00. The number of amides is 1. The number of hydrogen-bond donors (Lipinski definition) is 2. The molecule has 128 valence electrons. The number of carbonyl (C=O) groups excluding carboxylic acids is 1. The Morgan fingerprint density at radius 3 is 2.54 bits per heavy atom. The van der Waals surface area contributed by atoms with Crippen molar-refractivity contribution in [2.75, 3.05) is 7.05 Å². The van der Waals surface area contributed by atoms with Crippen LogP contribution in [0.3, 0.4) is 0 Å². The molecule has 0 fully saturated rings. The van der Waals surface area contributed by atoms with Crippen molar-refractivity contribution in [3.05, 3.63) is 58.4 Å². The van der Waals surface area contributed by atoms with Gasteiger partial charge in [0.15, 0.2) is 11.6 Å². The second-order valence-electron chi connectivity index (χ2n) is 5.39. The van der Waals surface area contributed by atoms with Gasteiger partial charge in [-0.25, -0.2) is 4.39 Å². The van der Waals surface area contributed by atoms with E-state index >= 15 is 0 Å². The quantitative estimate of drug-likeness (QED) is 0.828. The number of hydrogen-bond acceptors (Lipinski definition) is 3. The maximum atomic E-state index is 14.6. The van der Waals surface area contributed by atoms with E-state index in [9.17, 15) is 9.18 Å². The second kappa shape index (κ2) is 8.13. The third-order valence-electron chi connectivity index (χ3n) is 3.71. The van der Waals surface area contributed by atoms with Gasteiger partial charge in [0.1, 0.15) is 5.75 Å². The summed E-state index contributed by atoms with van der Waals surface area (Å²) >= 11 is 6.06. The van der Waals surface area contributed by atoms with E-state index in [1.807, 2.05) is 6.92 Å². The number of carbonyl (C=O) groups is 1. The highest BCUT2D eigenvalue weighted by Crippen LogP contribution is 2.36. The fraction of sp³-hybridized carbons (Fsp3) is 0.278. The molecular weight excluding hydrogens is 331 g/mol. The highest BCUT2D eigenvalue weighted by molar-refractivity contribution is 6.32. The SMILES string of the molecule is CC[C@@H](N)c1ccc(Cl)c(Oc2ccc(CC(=O)NC)cc2)c1F. The van der Waals surface area contributed by atoms with Crippen molar-refractivity contribution >= 4 is 17.5 Å². The summed E-state index contributed by atoms with van der Waals surface area (Å²) < 4.78 is 20.2. The van der Waals surface area contributed by atoms with Crippen LogP contribution in [0.2, 0.25) is 5.02 Å². The molecule has 3 N–H and O–H groups in total. The van der Waals surface area contributed by atoms with Gasteiger partial charge in [-0.3, -0.25) is 4.79 Å². The zero-order valence-electron chi connectivity index (χ0n) is 13.6. The zero-order chi connectivity index (χ0) is 17.7. The summed E-state index contributed by atoms with van der Waals surface area (Å²) in [5, 5.41) is 2.73. The van der Waals surface area contributed by atoms with Crippen LogP contribution in [-0.2, 0) is 11.2 Å². The largest absolute Gasteiger partial charge is 0.453 e. The number of benzene rings is 2. The molecule has 0 saturated heterocycles. The van der Waals surface area contributed by atoms with Gasteiger partial charge in [0.05, 0.1) is 11.4 Å². The smallest absolute Gasteiger partial charge is 0.224 e. The summed E-state index contributed by atoms with van der Waals surface area (Å²) in [6.07, 6.45) is 0.874.